The van der Waals surface area contributed by atoms with Gasteiger partial charge in [-0.3, -0.25) is 4.79 Å². The fourth-order valence-electron chi connectivity index (χ4n) is 3.37. The first kappa shape index (κ1) is 16.7. The second-order valence-electron chi connectivity index (χ2n) is 6.25. The van der Waals surface area contributed by atoms with Crippen molar-refractivity contribution in [2.45, 2.75) is 84.5 Å². The van der Waals surface area contributed by atoms with Gasteiger partial charge in [0.1, 0.15) is 5.78 Å². The lowest BCUT2D eigenvalue weighted by molar-refractivity contribution is -0.130. The molecule has 0 aromatic rings. The maximum Gasteiger partial charge on any atom is 0.140 e. The van der Waals surface area contributed by atoms with Gasteiger partial charge in [-0.25, -0.2) is 0 Å². The molecule has 19 heavy (non-hydrogen) atoms. The van der Waals surface area contributed by atoms with Crippen molar-refractivity contribution in [1.82, 2.24) is 5.32 Å². The first-order chi connectivity index (χ1) is 9.25. The molecular formula is C17H33NO. The van der Waals surface area contributed by atoms with E-state index in [0.29, 0.717) is 5.78 Å². The van der Waals surface area contributed by atoms with Gasteiger partial charge < -0.3 is 5.32 Å². The molecule has 0 aromatic heterocycles. The Morgan fingerprint density at radius 1 is 1.05 bits per heavy atom. The molecule has 2 heteroatoms. The molecule has 1 fully saturated rings. The SMILES string of the molecule is CCCCCCCCC(=O)C1(CCC)CCCNC1. The molecule has 0 radical (unpaired) electrons. The number of piperidine rings is 1. The Bertz CT molecular complexity index is 238. The van der Waals surface area contributed by atoms with E-state index < -0.39 is 0 Å². The second-order valence-corrected chi connectivity index (χ2v) is 6.25. The highest BCUT2D eigenvalue weighted by Crippen LogP contribution is 2.34. The average Bonchev–Trinajstić information content (AvgIpc) is 2.44. The van der Waals surface area contributed by atoms with Gasteiger partial charge in [-0.05, 0) is 32.2 Å². The van der Waals surface area contributed by atoms with E-state index in [-0.39, 0.29) is 5.41 Å². The highest BCUT2D eigenvalue weighted by Gasteiger charge is 2.37. The Balaban J connectivity index is 2.28. The Kier molecular flexibility index (Phi) is 8.36. The number of nitrogens with one attached hydrogen (secondary N) is 1. The molecule has 1 atom stereocenters. The molecule has 0 bridgehead atoms. The smallest absolute Gasteiger partial charge is 0.140 e. The summed E-state index contributed by atoms with van der Waals surface area (Å²) in [7, 11) is 0. The van der Waals surface area contributed by atoms with Gasteiger partial charge in [-0.2, -0.15) is 0 Å². The number of ketones is 1. The van der Waals surface area contributed by atoms with E-state index in [1.54, 1.807) is 0 Å². The Hall–Kier alpha value is -0.370. The summed E-state index contributed by atoms with van der Waals surface area (Å²) < 4.78 is 0. The van der Waals surface area contributed by atoms with E-state index in [4.69, 9.17) is 0 Å². The van der Waals surface area contributed by atoms with E-state index in [9.17, 15) is 4.79 Å². The number of rotatable bonds is 10. The van der Waals surface area contributed by atoms with E-state index in [2.05, 4.69) is 19.2 Å². The lowest BCUT2D eigenvalue weighted by Gasteiger charge is -2.36. The topological polar surface area (TPSA) is 29.1 Å². The van der Waals surface area contributed by atoms with Gasteiger partial charge in [0.2, 0.25) is 0 Å². The van der Waals surface area contributed by atoms with Crippen molar-refractivity contribution in [3.63, 3.8) is 0 Å². The molecule has 1 saturated heterocycles. The van der Waals surface area contributed by atoms with Crippen molar-refractivity contribution < 1.29 is 4.79 Å². The van der Waals surface area contributed by atoms with Crippen molar-refractivity contribution in [1.29, 1.82) is 0 Å². The van der Waals surface area contributed by atoms with E-state index in [0.717, 1.165) is 45.2 Å². The molecule has 1 aliphatic rings. The molecule has 0 spiro atoms. The summed E-state index contributed by atoms with van der Waals surface area (Å²) >= 11 is 0. The molecule has 0 amide bonds. The molecule has 0 aliphatic carbocycles. The summed E-state index contributed by atoms with van der Waals surface area (Å²) in [6, 6.07) is 0. The number of hydrogen-bond donors (Lipinski definition) is 1. The van der Waals surface area contributed by atoms with Gasteiger partial charge >= 0.3 is 0 Å². The Labute approximate surface area is 119 Å². The van der Waals surface area contributed by atoms with Crippen molar-refractivity contribution >= 4 is 5.78 Å². The zero-order valence-electron chi connectivity index (χ0n) is 13.1. The van der Waals surface area contributed by atoms with Crippen LogP contribution in [0.15, 0.2) is 0 Å². The maximum absolute atomic E-state index is 12.6. The minimum absolute atomic E-state index is 0.0174. The molecular weight excluding hydrogens is 234 g/mol. The molecule has 1 heterocycles. The zero-order chi connectivity index (χ0) is 14.0. The predicted octanol–water partition coefficient (Wildman–Crippen LogP) is 4.48. The van der Waals surface area contributed by atoms with Crippen LogP contribution in [0, 0.1) is 5.41 Å². The first-order valence-electron chi connectivity index (χ1n) is 8.49. The molecule has 112 valence electrons. The molecule has 1 rings (SSSR count). The highest BCUT2D eigenvalue weighted by molar-refractivity contribution is 5.85. The van der Waals surface area contributed by atoms with Gasteiger partial charge in [-0.15, -0.1) is 0 Å². The summed E-state index contributed by atoms with van der Waals surface area (Å²) in [5.74, 6) is 0.539. The van der Waals surface area contributed by atoms with Gasteiger partial charge in [0.25, 0.3) is 0 Å². The van der Waals surface area contributed by atoms with E-state index >= 15 is 0 Å². The van der Waals surface area contributed by atoms with Crippen molar-refractivity contribution in [2.24, 2.45) is 5.41 Å². The van der Waals surface area contributed by atoms with Gasteiger partial charge in [0.15, 0.2) is 0 Å². The van der Waals surface area contributed by atoms with Crippen molar-refractivity contribution in [3.8, 4) is 0 Å². The standard InChI is InChI=1S/C17H33NO/c1-3-5-6-7-8-9-11-16(19)17(12-4-2)13-10-14-18-15-17/h18H,3-15H2,1-2H3. The lowest BCUT2D eigenvalue weighted by Crippen LogP contribution is -2.45. The predicted molar refractivity (Wildman–Crippen MR) is 82.4 cm³/mol. The summed E-state index contributed by atoms with van der Waals surface area (Å²) in [6.45, 7) is 6.47. The van der Waals surface area contributed by atoms with Crippen molar-refractivity contribution in [3.05, 3.63) is 0 Å². The third kappa shape index (κ3) is 5.64. The number of Topliss-reactive ketones (excluding diaryl/α,β-unsaturated/α-hetero) is 1. The fraction of sp³-hybridized carbons (Fsp3) is 0.941. The number of carbonyl (C=O) groups excluding carboxylic acids is 1. The molecule has 2 nitrogen and oxygen atoms in total. The summed E-state index contributed by atoms with van der Waals surface area (Å²) in [5.41, 5.74) is -0.0174. The van der Waals surface area contributed by atoms with Crippen LogP contribution >= 0.6 is 0 Å². The highest BCUT2D eigenvalue weighted by atomic mass is 16.1. The van der Waals surface area contributed by atoms with Crippen LogP contribution in [-0.4, -0.2) is 18.9 Å². The monoisotopic (exact) mass is 267 g/mol. The average molecular weight is 267 g/mol. The third-order valence-electron chi connectivity index (χ3n) is 4.55. The van der Waals surface area contributed by atoms with Crippen LogP contribution in [-0.2, 0) is 4.79 Å². The van der Waals surface area contributed by atoms with Crippen LogP contribution < -0.4 is 5.32 Å². The van der Waals surface area contributed by atoms with Crippen LogP contribution in [0.3, 0.4) is 0 Å². The summed E-state index contributed by atoms with van der Waals surface area (Å²) in [4.78, 5) is 12.6. The quantitative estimate of drug-likeness (QED) is 0.591. The summed E-state index contributed by atoms with van der Waals surface area (Å²) in [6.07, 6.45) is 12.9. The van der Waals surface area contributed by atoms with Crippen LogP contribution in [0.1, 0.15) is 84.5 Å². The van der Waals surface area contributed by atoms with E-state index in [1.165, 1.54) is 38.5 Å². The molecule has 0 aromatic carbocycles. The van der Waals surface area contributed by atoms with Crippen LogP contribution in [0.2, 0.25) is 0 Å². The van der Waals surface area contributed by atoms with E-state index in [1.807, 2.05) is 0 Å². The number of unbranched alkanes of at least 4 members (excludes halogenated alkanes) is 5. The molecule has 1 aliphatic heterocycles. The van der Waals surface area contributed by atoms with Crippen LogP contribution in [0.4, 0.5) is 0 Å². The molecule has 1 N–H and O–H groups in total. The fourth-order valence-corrected chi connectivity index (χ4v) is 3.37. The van der Waals surface area contributed by atoms with Gasteiger partial charge in [0.05, 0.1) is 0 Å². The third-order valence-corrected chi connectivity index (χ3v) is 4.55. The Morgan fingerprint density at radius 3 is 2.42 bits per heavy atom. The Morgan fingerprint density at radius 2 is 1.79 bits per heavy atom. The first-order valence-corrected chi connectivity index (χ1v) is 8.49. The normalized spacial score (nSPS) is 23.5. The van der Waals surface area contributed by atoms with Crippen LogP contribution in [0.5, 0.6) is 0 Å². The number of hydrogen-bond acceptors (Lipinski definition) is 2. The zero-order valence-corrected chi connectivity index (χ0v) is 13.1. The second kappa shape index (κ2) is 9.52. The summed E-state index contributed by atoms with van der Waals surface area (Å²) in [5, 5.41) is 3.44. The lowest BCUT2D eigenvalue weighted by atomic mass is 9.72. The maximum atomic E-state index is 12.6. The largest absolute Gasteiger partial charge is 0.316 e. The van der Waals surface area contributed by atoms with Crippen molar-refractivity contribution in [2.75, 3.05) is 13.1 Å². The molecule has 0 saturated carbocycles. The molecule has 1 unspecified atom stereocenters. The minimum Gasteiger partial charge on any atom is -0.316 e. The van der Waals surface area contributed by atoms with Gasteiger partial charge in [-0.1, -0.05) is 52.4 Å². The number of carbonyl (C=O) groups is 1. The van der Waals surface area contributed by atoms with Gasteiger partial charge in [0, 0.05) is 18.4 Å². The van der Waals surface area contributed by atoms with Crippen LogP contribution in [0.25, 0.3) is 0 Å². The minimum atomic E-state index is -0.0174.